The van der Waals surface area contributed by atoms with Gasteiger partial charge in [-0.2, -0.15) is 0 Å². The summed E-state index contributed by atoms with van der Waals surface area (Å²) >= 11 is 5.52. The first kappa shape index (κ1) is 13.8. The molecule has 0 aliphatic rings. The Hall–Kier alpha value is -1.59. The van der Waals surface area contributed by atoms with Gasteiger partial charge >= 0.3 is 0 Å². The van der Waals surface area contributed by atoms with Crippen LogP contribution in [0.3, 0.4) is 0 Å². The van der Waals surface area contributed by atoms with Gasteiger partial charge in [0.1, 0.15) is 29.4 Å². The zero-order valence-electron chi connectivity index (χ0n) is 9.30. The van der Waals surface area contributed by atoms with Crippen LogP contribution in [0.5, 0.6) is 0 Å². The monoisotopic (exact) mass is 290 g/mol. The molecule has 0 aromatic heterocycles. The number of hydrogen-bond acceptors (Lipinski definition) is 1. The standard InChI is InChI=1S/C13H7ClF4O/c14-8-3-1-2-7(12(8)18)13(19)11-9(16)4-6(15)5-10(11)17/h1-5,13,19H. The topological polar surface area (TPSA) is 20.2 Å². The van der Waals surface area contributed by atoms with Crippen LogP contribution in [0.25, 0.3) is 0 Å². The molecule has 0 heterocycles. The largest absolute Gasteiger partial charge is 0.383 e. The van der Waals surface area contributed by atoms with Gasteiger partial charge in [0.15, 0.2) is 0 Å². The highest BCUT2D eigenvalue weighted by molar-refractivity contribution is 6.30. The van der Waals surface area contributed by atoms with E-state index in [0.29, 0.717) is 12.1 Å². The first-order chi connectivity index (χ1) is 8.91. The van der Waals surface area contributed by atoms with Gasteiger partial charge in [-0.25, -0.2) is 17.6 Å². The highest BCUT2D eigenvalue weighted by Crippen LogP contribution is 2.31. The number of halogens is 5. The van der Waals surface area contributed by atoms with E-state index in [1.165, 1.54) is 12.1 Å². The minimum atomic E-state index is -1.92. The van der Waals surface area contributed by atoms with E-state index in [1.54, 1.807) is 0 Å². The van der Waals surface area contributed by atoms with Crippen LogP contribution in [0.15, 0.2) is 30.3 Å². The van der Waals surface area contributed by atoms with E-state index < -0.39 is 40.5 Å². The van der Waals surface area contributed by atoms with Crippen LogP contribution >= 0.6 is 11.6 Å². The van der Waals surface area contributed by atoms with Gasteiger partial charge in [-0.05, 0) is 6.07 Å². The number of rotatable bonds is 2. The van der Waals surface area contributed by atoms with Crippen LogP contribution in [-0.2, 0) is 0 Å². The van der Waals surface area contributed by atoms with Gasteiger partial charge in [-0.15, -0.1) is 0 Å². The fraction of sp³-hybridized carbons (Fsp3) is 0.0769. The summed E-state index contributed by atoms with van der Waals surface area (Å²) in [6.07, 6.45) is -1.92. The maximum Gasteiger partial charge on any atom is 0.147 e. The van der Waals surface area contributed by atoms with E-state index in [4.69, 9.17) is 11.6 Å². The SMILES string of the molecule is OC(c1cccc(Cl)c1F)c1c(F)cc(F)cc1F. The minimum absolute atomic E-state index is 0.292. The maximum atomic E-state index is 13.7. The summed E-state index contributed by atoms with van der Waals surface area (Å²) in [5.74, 6) is -4.72. The summed E-state index contributed by atoms with van der Waals surface area (Å²) in [4.78, 5) is 0. The normalized spacial score (nSPS) is 12.5. The summed E-state index contributed by atoms with van der Waals surface area (Å²) in [7, 11) is 0. The molecule has 0 saturated heterocycles. The third-order valence-corrected chi connectivity index (χ3v) is 2.89. The molecule has 0 saturated carbocycles. The second kappa shape index (κ2) is 5.19. The van der Waals surface area contributed by atoms with E-state index in [2.05, 4.69) is 0 Å². The second-order valence-electron chi connectivity index (χ2n) is 3.83. The maximum absolute atomic E-state index is 13.7. The molecule has 1 N–H and O–H groups in total. The van der Waals surface area contributed by atoms with Crippen LogP contribution in [0, 0.1) is 23.3 Å². The highest BCUT2D eigenvalue weighted by Gasteiger charge is 2.24. The lowest BCUT2D eigenvalue weighted by atomic mass is 10.00. The fourth-order valence-corrected chi connectivity index (χ4v) is 1.88. The van der Waals surface area contributed by atoms with Crippen molar-refractivity contribution >= 4 is 11.6 Å². The van der Waals surface area contributed by atoms with Crippen molar-refractivity contribution in [1.82, 2.24) is 0 Å². The quantitative estimate of drug-likeness (QED) is 0.830. The van der Waals surface area contributed by atoms with Crippen LogP contribution in [0.1, 0.15) is 17.2 Å². The molecular weight excluding hydrogens is 284 g/mol. The predicted molar refractivity (Wildman–Crippen MR) is 61.8 cm³/mol. The molecule has 1 nitrogen and oxygen atoms in total. The molecule has 6 heteroatoms. The highest BCUT2D eigenvalue weighted by atomic mass is 35.5. The molecule has 2 aromatic rings. The zero-order chi connectivity index (χ0) is 14.2. The summed E-state index contributed by atoms with van der Waals surface area (Å²) in [5.41, 5.74) is -1.22. The van der Waals surface area contributed by atoms with Gasteiger partial charge in [0.05, 0.1) is 10.6 Å². The van der Waals surface area contributed by atoms with Crippen molar-refractivity contribution in [2.75, 3.05) is 0 Å². The Kier molecular flexibility index (Phi) is 3.78. The van der Waals surface area contributed by atoms with Crippen molar-refractivity contribution in [1.29, 1.82) is 0 Å². The van der Waals surface area contributed by atoms with Crippen molar-refractivity contribution in [2.45, 2.75) is 6.10 Å². The van der Waals surface area contributed by atoms with Crippen LogP contribution < -0.4 is 0 Å². The molecule has 0 bridgehead atoms. The molecule has 0 amide bonds. The van der Waals surface area contributed by atoms with Crippen LogP contribution in [0.2, 0.25) is 5.02 Å². The number of aliphatic hydroxyl groups excluding tert-OH is 1. The van der Waals surface area contributed by atoms with Gasteiger partial charge in [0, 0.05) is 17.7 Å². The molecule has 2 aromatic carbocycles. The molecule has 19 heavy (non-hydrogen) atoms. The second-order valence-corrected chi connectivity index (χ2v) is 4.24. The molecule has 0 fully saturated rings. The molecule has 100 valence electrons. The van der Waals surface area contributed by atoms with E-state index in [9.17, 15) is 22.7 Å². The zero-order valence-corrected chi connectivity index (χ0v) is 10.1. The Bertz CT molecular complexity index is 607. The lowest BCUT2D eigenvalue weighted by molar-refractivity contribution is 0.203. The summed E-state index contributed by atoms with van der Waals surface area (Å²) < 4.78 is 53.4. The van der Waals surface area contributed by atoms with Crippen molar-refractivity contribution < 1.29 is 22.7 Å². The molecule has 2 rings (SSSR count). The first-order valence-corrected chi connectivity index (χ1v) is 5.56. The van der Waals surface area contributed by atoms with Gasteiger partial charge in [-0.1, -0.05) is 23.7 Å². The van der Waals surface area contributed by atoms with Gasteiger partial charge in [0.25, 0.3) is 0 Å². The molecule has 0 spiro atoms. The van der Waals surface area contributed by atoms with Crippen molar-refractivity contribution in [3.05, 3.63) is 69.8 Å². The molecule has 0 aliphatic carbocycles. The first-order valence-electron chi connectivity index (χ1n) is 5.18. The Morgan fingerprint density at radius 3 is 2.16 bits per heavy atom. The van der Waals surface area contributed by atoms with Crippen LogP contribution in [-0.4, -0.2) is 5.11 Å². The van der Waals surface area contributed by atoms with E-state index >= 15 is 0 Å². The Balaban J connectivity index is 2.56. The molecule has 0 radical (unpaired) electrons. The number of aliphatic hydroxyl groups is 1. The fourth-order valence-electron chi connectivity index (χ4n) is 1.70. The summed E-state index contributed by atoms with van der Waals surface area (Å²) in [5, 5.41) is 9.56. The molecule has 1 unspecified atom stereocenters. The van der Waals surface area contributed by atoms with Crippen molar-refractivity contribution in [3.63, 3.8) is 0 Å². The predicted octanol–water partition coefficient (Wildman–Crippen LogP) is 3.98. The number of hydrogen-bond donors (Lipinski definition) is 1. The van der Waals surface area contributed by atoms with E-state index in [-0.39, 0.29) is 5.02 Å². The lowest BCUT2D eigenvalue weighted by Gasteiger charge is -2.14. The Morgan fingerprint density at radius 1 is 1.00 bits per heavy atom. The van der Waals surface area contributed by atoms with E-state index in [1.807, 2.05) is 0 Å². The van der Waals surface area contributed by atoms with Crippen molar-refractivity contribution in [3.8, 4) is 0 Å². The third kappa shape index (κ3) is 2.57. The van der Waals surface area contributed by atoms with Gasteiger partial charge in [-0.3, -0.25) is 0 Å². The van der Waals surface area contributed by atoms with Gasteiger partial charge in [0.2, 0.25) is 0 Å². The Labute approximate surface area is 111 Å². The van der Waals surface area contributed by atoms with Gasteiger partial charge < -0.3 is 5.11 Å². The molecular formula is C13H7ClF4O. The average molecular weight is 291 g/mol. The Morgan fingerprint density at radius 2 is 1.58 bits per heavy atom. The third-order valence-electron chi connectivity index (χ3n) is 2.59. The number of benzene rings is 2. The molecule has 0 aliphatic heterocycles. The molecule has 1 atom stereocenters. The summed E-state index contributed by atoms with van der Waals surface area (Å²) in [6, 6.07) is 4.50. The summed E-state index contributed by atoms with van der Waals surface area (Å²) in [6.45, 7) is 0. The smallest absolute Gasteiger partial charge is 0.147 e. The average Bonchev–Trinajstić information content (AvgIpc) is 2.31. The van der Waals surface area contributed by atoms with Crippen LogP contribution in [0.4, 0.5) is 17.6 Å². The van der Waals surface area contributed by atoms with Crippen molar-refractivity contribution in [2.24, 2.45) is 0 Å². The van der Waals surface area contributed by atoms with E-state index in [0.717, 1.165) is 6.07 Å². The lowest BCUT2D eigenvalue weighted by Crippen LogP contribution is -2.08. The minimum Gasteiger partial charge on any atom is -0.383 e.